The number of ether oxygens (including phenoxy) is 1. The molecule has 0 unspecified atom stereocenters. The zero-order valence-electron chi connectivity index (χ0n) is 9.23. The van der Waals surface area contributed by atoms with Gasteiger partial charge in [0.15, 0.2) is 0 Å². The van der Waals surface area contributed by atoms with Crippen molar-refractivity contribution in [2.24, 2.45) is 5.73 Å². The van der Waals surface area contributed by atoms with Crippen molar-refractivity contribution in [3.8, 4) is 0 Å². The Morgan fingerprint density at radius 3 is 2.88 bits per heavy atom. The molecule has 0 aliphatic heterocycles. The second kappa shape index (κ2) is 6.95. The molecule has 0 fully saturated rings. The summed E-state index contributed by atoms with van der Waals surface area (Å²) in [5, 5.41) is 0. The van der Waals surface area contributed by atoms with Gasteiger partial charge >= 0.3 is 0 Å². The van der Waals surface area contributed by atoms with Crippen LogP contribution >= 0.6 is 0 Å². The first-order valence-electron chi connectivity index (χ1n) is 4.92. The Balaban J connectivity index is 2.35. The van der Waals surface area contributed by atoms with Crippen molar-refractivity contribution in [2.75, 3.05) is 13.7 Å². The molecular weight excluding hydrogens is 208 g/mol. The fraction of sp³-hybridized carbons (Fsp3) is 0.364. The summed E-state index contributed by atoms with van der Waals surface area (Å²) in [6.07, 6.45) is 0. The number of hydrogen-bond acceptors (Lipinski definition) is 4. The molecule has 0 atom stereocenters. The van der Waals surface area contributed by atoms with Gasteiger partial charge in [0, 0.05) is 13.7 Å². The number of methoxy groups -OCH3 is 1. The van der Waals surface area contributed by atoms with Gasteiger partial charge in [-0.3, -0.25) is 9.63 Å². The topological polar surface area (TPSA) is 73.6 Å². The quantitative estimate of drug-likeness (QED) is 0.517. The van der Waals surface area contributed by atoms with E-state index >= 15 is 0 Å². The minimum absolute atomic E-state index is 0.127. The Labute approximate surface area is 94.5 Å². The third kappa shape index (κ3) is 4.88. The number of hydrogen-bond donors (Lipinski definition) is 2. The summed E-state index contributed by atoms with van der Waals surface area (Å²) in [4.78, 5) is 15.2. The molecule has 0 radical (unpaired) electrons. The van der Waals surface area contributed by atoms with Crippen LogP contribution in [0, 0.1) is 0 Å². The van der Waals surface area contributed by atoms with Crippen LogP contribution in [-0.2, 0) is 27.5 Å². The molecule has 0 spiro atoms. The van der Waals surface area contributed by atoms with Crippen LogP contribution in [0.5, 0.6) is 0 Å². The van der Waals surface area contributed by atoms with Crippen molar-refractivity contribution in [1.29, 1.82) is 0 Å². The Morgan fingerprint density at radius 1 is 1.44 bits per heavy atom. The molecule has 1 amide bonds. The van der Waals surface area contributed by atoms with Crippen molar-refractivity contribution >= 4 is 5.91 Å². The van der Waals surface area contributed by atoms with Gasteiger partial charge in [0.25, 0.3) is 0 Å². The van der Waals surface area contributed by atoms with E-state index in [4.69, 9.17) is 15.3 Å². The fourth-order valence-electron chi connectivity index (χ4n) is 1.25. The van der Waals surface area contributed by atoms with Crippen LogP contribution in [-0.4, -0.2) is 19.6 Å². The molecule has 1 aromatic carbocycles. The number of carbonyl (C=O) groups is 1. The van der Waals surface area contributed by atoms with Crippen molar-refractivity contribution < 1.29 is 14.4 Å². The Morgan fingerprint density at radius 2 is 2.19 bits per heavy atom. The Hall–Kier alpha value is -1.43. The predicted molar refractivity (Wildman–Crippen MR) is 59.1 cm³/mol. The lowest BCUT2D eigenvalue weighted by Gasteiger charge is -2.06. The van der Waals surface area contributed by atoms with Crippen LogP contribution in [0.2, 0.25) is 0 Å². The van der Waals surface area contributed by atoms with Crippen LogP contribution in [0.4, 0.5) is 0 Å². The van der Waals surface area contributed by atoms with E-state index in [2.05, 4.69) is 5.48 Å². The van der Waals surface area contributed by atoms with E-state index < -0.39 is 5.91 Å². The van der Waals surface area contributed by atoms with Crippen LogP contribution in [0.3, 0.4) is 0 Å². The maximum atomic E-state index is 10.4. The molecule has 0 saturated heterocycles. The first-order chi connectivity index (χ1) is 7.72. The molecule has 0 aromatic heterocycles. The molecule has 5 heteroatoms. The van der Waals surface area contributed by atoms with E-state index in [1.807, 2.05) is 24.3 Å². The van der Waals surface area contributed by atoms with Gasteiger partial charge in [-0.25, -0.2) is 0 Å². The lowest BCUT2D eigenvalue weighted by atomic mass is 10.1. The number of benzene rings is 1. The summed E-state index contributed by atoms with van der Waals surface area (Å²) >= 11 is 0. The molecule has 0 aliphatic rings. The van der Waals surface area contributed by atoms with Crippen molar-refractivity contribution in [1.82, 2.24) is 5.48 Å². The highest BCUT2D eigenvalue weighted by atomic mass is 16.6. The summed E-state index contributed by atoms with van der Waals surface area (Å²) in [5.41, 5.74) is 9.72. The molecular formula is C11H16N2O3. The monoisotopic (exact) mass is 224 g/mol. The minimum atomic E-state index is -0.499. The summed E-state index contributed by atoms with van der Waals surface area (Å²) in [5.74, 6) is -0.499. The van der Waals surface area contributed by atoms with Crippen molar-refractivity contribution in [3.05, 3.63) is 35.4 Å². The molecule has 16 heavy (non-hydrogen) atoms. The van der Waals surface area contributed by atoms with Crippen LogP contribution < -0.4 is 11.2 Å². The lowest BCUT2D eigenvalue weighted by Crippen LogP contribution is -2.24. The number of hydroxylamine groups is 1. The van der Waals surface area contributed by atoms with E-state index in [1.165, 1.54) is 0 Å². The highest BCUT2D eigenvalue weighted by Gasteiger charge is 1.97. The minimum Gasteiger partial charge on any atom is -0.380 e. The number of primary amides is 1. The normalized spacial score (nSPS) is 10.3. The molecule has 5 nitrogen and oxygen atoms in total. The van der Waals surface area contributed by atoms with Crippen LogP contribution in [0.1, 0.15) is 11.1 Å². The lowest BCUT2D eigenvalue weighted by molar-refractivity contribution is -0.125. The molecule has 1 rings (SSSR count). The SMILES string of the molecule is COCc1cccc(CNOCC(N)=O)c1. The number of carbonyl (C=O) groups excluding carboxylic acids is 1. The molecule has 0 aliphatic carbocycles. The third-order valence-electron chi connectivity index (χ3n) is 1.90. The van der Waals surface area contributed by atoms with Gasteiger partial charge in [0.1, 0.15) is 6.61 Å². The van der Waals surface area contributed by atoms with E-state index in [1.54, 1.807) is 7.11 Å². The maximum absolute atomic E-state index is 10.4. The third-order valence-corrected chi connectivity index (χ3v) is 1.90. The van der Waals surface area contributed by atoms with E-state index in [-0.39, 0.29) is 6.61 Å². The van der Waals surface area contributed by atoms with Gasteiger partial charge in [-0.1, -0.05) is 24.3 Å². The average Bonchev–Trinajstić information content (AvgIpc) is 2.25. The smallest absolute Gasteiger partial charge is 0.245 e. The predicted octanol–water partition coefficient (Wildman–Crippen LogP) is 0.339. The van der Waals surface area contributed by atoms with Crippen molar-refractivity contribution in [3.63, 3.8) is 0 Å². The molecule has 0 saturated carbocycles. The van der Waals surface area contributed by atoms with E-state index in [9.17, 15) is 4.79 Å². The van der Waals surface area contributed by atoms with E-state index in [0.717, 1.165) is 11.1 Å². The van der Waals surface area contributed by atoms with Gasteiger partial charge in [0.2, 0.25) is 5.91 Å². The number of nitrogens with one attached hydrogen (secondary N) is 1. The molecule has 0 bridgehead atoms. The highest BCUT2D eigenvalue weighted by Crippen LogP contribution is 2.05. The molecule has 1 aromatic rings. The fourth-order valence-corrected chi connectivity index (χ4v) is 1.25. The Kier molecular flexibility index (Phi) is 5.49. The molecule has 3 N–H and O–H groups in total. The van der Waals surface area contributed by atoms with Crippen LogP contribution in [0.15, 0.2) is 24.3 Å². The first kappa shape index (κ1) is 12.6. The second-order valence-electron chi connectivity index (χ2n) is 3.33. The molecule has 88 valence electrons. The van der Waals surface area contributed by atoms with Crippen molar-refractivity contribution in [2.45, 2.75) is 13.2 Å². The standard InChI is InChI=1S/C11H16N2O3/c1-15-7-10-4-2-3-9(5-10)6-13-16-8-11(12)14/h2-5,13H,6-8H2,1H3,(H2,12,14). The summed E-state index contributed by atoms with van der Waals surface area (Å²) in [6, 6.07) is 7.89. The van der Waals surface area contributed by atoms with Crippen LogP contribution in [0.25, 0.3) is 0 Å². The van der Waals surface area contributed by atoms with Gasteiger partial charge < -0.3 is 10.5 Å². The number of rotatable bonds is 7. The largest absolute Gasteiger partial charge is 0.380 e. The summed E-state index contributed by atoms with van der Waals surface area (Å²) < 4.78 is 5.03. The van der Waals surface area contributed by atoms with Gasteiger partial charge in [0.05, 0.1) is 6.61 Å². The number of amides is 1. The summed E-state index contributed by atoms with van der Waals surface area (Å²) in [6.45, 7) is 0.971. The van der Waals surface area contributed by atoms with Gasteiger partial charge in [-0.2, -0.15) is 5.48 Å². The second-order valence-corrected chi connectivity index (χ2v) is 3.33. The van der Waals surface area contributed by atoms with Gasteiger partial charge in [-0.05, 0) is 11.1 Å². The zero-order valence-corrected chi connectivity index (χ0v) is 9.23. The molecule has 0 heterocycles. The number of nitrogens with two attached hydrogens (primary N) is 1. The zero-order chi connectivity index (χ0) is 11.8. The van der Waals surface area contributed by atoms with Gasteiger partial charge in [-0.15, -0.1) is 0 Å². The average molecular weight is 224 g/mol. The highest BCUT2D eigenvalue weighted by molar-refractivity contribution is 5.74. The maximum Gasteiger partial charge on any atom is 0.245 e. The Bertz CT molecular complexity index is 342. The van der Waals surface area contributed by atoms with E-state index in [0.29, 0.717) is 13.2 Å². The summed E-state index contributed by atoms with van der Waals surface area (Å²) in [7, 11) is 1.65. The first-order valence-corrected chi connectivity index (χ1v) is 4.92.